The maximum atomic E-state index is 14.4. The predicted octanol–water partition coefficient (Wildman–Crippen LogP) is 1.62. The van der Waals surface area contributed by atoms with E-state index >= 15 is 0 Å². The average Bonchev–Trinajstić information content (AvgIpc) is 2.94. The van der Waals surface area contributed by atoms with Gasteiger partial charge in [-0.15, -0.1) is 0 Å². The lowest BCUT2D eigenvalue weighted by molar-refractivity contribution is 0.240. The summed E-state index contributed by atoms with van der Waals surface area (Å²) in [6, 6.07) is 1.43. The Bertz CT molecular complexity index is 1100. The number of hydrogen-bond donors (Lipinski definition) is 2. The second-order valence-electron chi connectivity index (χ2n) is 6.74. The second kappa shape index (κ2) is 7.38. The van der Waals surface area contributed by atoms with Crippen molar-refractivity contribution in [1.82, 2.24) is 20.6 Å². The van der Waals surface area contributed by atoms with Gasteiger partial charge < -0.3 is 15.5 Å². The molecule has 2 aliphatic heterocycles. The molecule has 8 nitrogen and oxygen atoms in total. The molecule has 0 unspecified atom stereocenters. The van der Waals surface area contributed by atoms with Crippen molar-refractivity contribution < 1.29 is 22.0 Å². The van der Waals surface area contributed by atoms with E-state index in [9.17, 15) is 22.0 Å². The van der Waals surface area contributed by atoms with Crippen LogP contribution in [0, 0.1) is 11.6 Å². The van der Waals surface area contributed by atoms with Crippen LogP contribution < -0.4 is 15.5 Å². The van der Waals surface area contributed by atoms with Gasteiger partial charge in [0, 0.05) is 31.7 Å². The molecule has 0 saturated carbocycles. The first kappa shape index (κ1) is 19.8. The SMILES string of the molecule is O=C1NCCN(c2nc(-c3cc(F)c(Cl)cc3F)nc3c2CS(=O)(=O)C3)CCN1. The summed E-state index contributed by atoms with van der Waals surface area (Å²) in [5, 5.41) is 4.95. The number of anilines is 1. The van der Waals surface area contributed by atoms with Gasteiger partial charge in [0.2, 0.25) is 0 Å². The number of urea groups is 1. The van der Waals surface area contributed by atoms with Gasteiger partial charge in [0.15, 0.2) is 15.7 Å². The zero-order chi connectivity index (χ0) is 20.8. The number of nitrogens with zero attached hydrogens (tertiary/aromatic N) is 3. The summed E-state index contributed by atoms with van der Waals surface area (Å²) in [5.74, 6) is -1.97. The van der Waals surface area contributed by atoms with E-state index in [4.69, 9.17) is 11.6 Å². The summed E-state index contributed by atoms with van der Waals surface area (Å²) in [4.78, 5) is 21.8. The van der Waals surface area contributed by atoms with Crippen LogP contribution in [0.3, 0.4) is 0 Å². The minimum atomic E-state index is -3.42. The first-order valence-corrected chi connectivity index (χ1v) is 11.0. The molecule has 0 bridgehead atoms. The summed E-state index contributed by atoms with van der Waals surface area (Å²) in [6.07, 6.45) is 0. The quantitative estimate of drug-likeness (QED) is 0.683. The van der Waals surface area contributed by atoms with E-state index in [2.05, 4.69) is 20.6 Å². The standard InChI is InChI=1S/C17H16ClF2N5O3S/c18-11-6-12(19)9(5-13(11)20)15-23-14-8-29(27,28)7-10(14)16(24-15)25-3-1-21-17(26)22-2-4-25/h5-6H,1-4,7-8H2,(H2,21,22,26). The highest BCUT2D eigenvalue weighted by molar-refractivity contribution is 7.90. The summed E-state index contributed by atoms with van der Waals surface area (Å²) >= 11 is 5.62. The van der Waals surface area contributed by atoms with Gasteiger partial charge in [-0.2, -0.15) is 0 Å². The molecule has 0 aliphatic carbocycles. The molecule has 2 N–H and O–H groups in total. The molecule has 2 aliphatic rings. The molecule has 12 heteroatoms. The van der Waals surface area contributed by atoms with Crippen molar-refractivity contribution in [3.8, 4) is 11.4 Å². The number of fused-ring (bicyclic) bond motifs is 1. The van der Waals surface area contributed by atoms with Gasteiger partial charge in [-0.1, -0.05) is 11.6 Å². The van der Waals surface area contributed by atoms with Gasteiger partial charge in [0.05, 0.1) is 27.8 Å². The van der Waals surface area contributed by atoms with E-state index in [0.29, 0.717) is 37.6 Å². The van der Waals surface area contributed by atoms with Crippen LogP contribution in [0.1, 0.15) is 11.3 Å². The lowest BCUT2D eigenvalue weighted by Crippen LogP contribution is -2.48. The maximum absolute atomic E-state index is 14.4. The van der Waals surface area contributed by atoms with Crippen LogP contribution in [0.2, 0.25) is 5.02 Å². The lowest BCUT2D eigenvalue weighted by atomic mass is 10.1. The summed E-state index contributed by atoms with van der Waals surface area (Å²) in [6.45, 7) is 1.34. The fourth-order valence-electron chi connectivity index (χ4n) is 3.33. The van der Waals surface area contributed by atoms with Crippen LogP contribution in [-0.2, 0) is 21.3 Å². The molecule has 2 aromatic rings. The summed E-state index contributed by atoms with van der Waals surface area (Å²) < 4.78 is 52.7. The zero-order valence-electron chi connectivity index (χ0n) is 15.0. The lowest BCUT2D eigenvalue weighted by Gasteiger charge is -2.28. The molecule has 29 heavy (non-hydrogen) atoms. The first-order valence-electron chi connectivity index (χ1n) is 8.75. The highest BCUT2D eigenvalue weighted by atomic mass is 35.5. The third-order valence-electron chi connectivity index (χ3n) is 4.68. The minimum absolute atomic E-state index is 0.122. The number of amides is 2. The van der Waals surface area contributed by atoms with Crippen LogP contribution in [0.4, 0.5) is 19.4 Å². The number of benzene rings is 1. The normalized spacial score (nSPS) is 18.4. The van der Waals surface area contributed by atoms with Crippen LogP contribution in [-0.4, -0.2) is 50.6 Å². The number of aromatic nitrogens is 2. The number of sulfone groups is 1. The molecule has 3 heterocycles. The number of carbonyl (C=O) groups excluding carboxylic acids is 1. The predicted molar refractivity (Wildman–Crippen MR) is 102 cm³/mol. The van der Waals surface area contributed by atoms with E-state index < -0.39 is 21.5 Å². The van der Waals surface area contributed by atoms with Crippen molar-refractivity contribution in [2.24, 2.45) is 0 Å². The Hall–Kier alpha value is -2.53. The summed E-state index contributed by atoms with van der Waals surface area (Å²) in [7, 11) is -3.42. The van der Waals surface area contributed by atoms with E-state index in [0.717, 1.165) is 12.1 Å². The average molecular weight is 444 g/mol. The Kier molecular flexibility index (Phi) is 5.03. The molecule has 0 radical (unpaired) electrons. The topological polar surface area (TPSA) is 104 Å². The van der Waals surface area contributed by atoms with Crippen LogP contribution >= 0.6 is 11.6 Å². The largest absolute Gasteiger partial charge is 0.353 e. The first-order chi connectivity index (χ1) is 13.7. The molecule has 2 amide bonds. The number of halogens is 3. The van der Waals surface area contributed by atoms with Gasteiger partial charge in [-0.3, -0.25) is 0 Å². The van der Waals surface area contributed by atoms with E-state index in [1.165, 1.54) is 0 Å². The van der Waals surface area contributed by atoms with E-state index in [-0.39, 0.29) is 39.6 Å². The molecule has 1 aromatic carbocycles. The third kappa shape index (κ3) is 3.97. The zero-order valence-corrected chi connectivity index (χ0v) is 16.6. The van der Waals surface area contributed by atoms with Gasteiger partial charge in [-0.05, 0) is 12.1 Å². The summed E-state index contributed by atoms with van der Waals surface area (Å²) in [5.41, 5.74) is 0.494. The highest BCUT2D eigenvalue weighted by Gasteiger charge is 2.33. The van der Waals surface area contributed by atoms with Gasteiger partial charge in [0.25, 0.3) is 0 Å². The number of carbonyl (C=O) groups is 1. The van der Waals surface area contributed by atoms with Crippen molar-refractivity contribution in [3.63, 3.8) is 0 Å². The van der Waals surface area contributed by atoms with Crippen molar-refractivity contribution in [2.75, 3.05) is 31.1 Å². The molecular formula is C17H16ClF2N5O3S. The molecule has 4 rings (SSSR count). The maximum Gasteiger partial charge on any atom is 0.314 e. The Morgan fingerprint density at radius 1 is 1.03 bits per heavy atom. The molecule has 0 atom stereocenters. The van der Waals surface area contributed by atoms with Crippen molar-refractivity contribution in [2.45, 2.75) is 11.5 Å². The Labute approximate surface area is 170 Å². The van der Waals surface area contributed by atoms with Gasteiger partial charge in [0.1, 0.15) is 17.5 Å². The second-order valence-corrected chi connectivity index (χ2v) is 9.22. The molecular weight excluding hydrogens is 428 g/mol. The van der Waals surface area contributed by atoms with Crippen molar-refractivity contribution in [3.05, 3.63) is 40.0 Å². The smallest absolute Gasteiger partial charge is 0.314 e. The van der Waals surface area contributed by atoms with Gasteiger partial charge in [-0.25, -0.2) is 32.0 Å². The fourth-order valence-corrected chi connectivity index (χ4v) is 4.98. The van der Waals surface area contributed by atoms with Crippen molar-refractivity contribution >= 4 is 33.3 Å². The number of nitrogens with one attached hydrogen (secondary N) is 2. The minimum Gasteiger partial charge on any atom is -0.353 e. The highest BCUT2D eigenvalue weighted by Crippen LogP contribution is 2.34. The monoisotopic (exact) mass is 443 g/mol. The third-order valence-corrected chi connectivity index (χ3v) is 6.41. The Morgan fingerprint density at radius 3 is 2.41 bits per heavy atom. The van der Waals surface area contributed by atoms with Crippen LogP contribution in [0.5, 0.6) is 0 Å². The Balaban J connectivity index is 1.83. The Morgan fingerprint density at radius 2 is 1.72 bits per heavy atom. The molecule has 1 aromatic heterocycles. The fraction of sp³-hybridized carbons (Fsp3) is 0.353. The van der Waals surface area contributed by atoms with Crippen LogP contribution in [0.25, 0.3) is 11.4 Å². The van der Waals surface area contributed by atoms with E-state index in [1.807, 2.05) is 0 Å². The van der Waals surface area contributed by atoms with Crippen LogP contribution in [0.15, 0.2) is 12.1 Å². The van der Waals surface area contributed by atoms with Crippen molar-refractivity contribution in [1.29, 1.82) is 0 Å². The molecule has 0 spiro atoms. The van der Waals surface area contributed by atoms with E-state index in [1.54, 1.807) is 4.90 Å². The molecule has 1 saturated heterocycles. The number of rotatable bonds is 2. The molecule has 154 valence electrons. The molecule has 1 fully saturated rings. The van der Waals surface area contributed by atoms with Gasteiger partial charge >= 0.3 is 6.03 Å². The number of hydrogen-bond acceptors (Lipinski definition) is 6.